The van der Waals surface area contributed by atoms with Crippen molar-refractivity contribution in [3.63, 3.8) is 0 Å². The summed E-state index contributed by atoms with van der Waals surface area (Å²) >= 11 is 0. The minimum atomic E-state index is 0.332. The van der Waals surface area contributed by atoms with Gasteiger partial charge in [-0.1, -0.05) is 19.9 Å². The summed E-state index contributed by atoms with van der Waals surface area (Å²) in [6, 6.07) is 4.67. The van der Waals surface area contributed by atoms with Crippen LogP contribution in [0.25, 0.3) is 10.9 Å². The van der Waals surface area contributed by atoms with Crippen LogP contribution in [0.5, 0.6) is 0 Å². The van der Waals surface area contributed by atoms with Crippen molar-refractivity contribution < 1.29 is 0 Å². The van der Waals surface area contributed by atoms with Crippen molar-refractivity contribution >= 4 is 35.8 Å². The van der Waals surface area contributed by atoms with E-state index < -0.39 is 0 Å². The SMILES string of the molecule is CC.[B]=C(C)C1CC(C)(CCc2c(C3CCCCC3)n(C3C=CC=CC3)c3cc(C=N)c(N)cc23)C1. The van der Waals surface area contributed by atoms with Crippen LogP contribution in [0, 0.1) is 16.7 Å². The van der Waals surface area contributed by atoms with Crippen LogP contribution in [0.3, 0.4) is 0 Å². The van der Waals surface area contributed by atoms with E-state index in [9.17, 15) is 0 Å². The average Bonchev–Trinajstić information content (AvgIpc) is 3.20. The molecule has 0 saturated heterocycles. The number of nitrogens with one attached hydrogen (secondary N) is 1. The molecule has 3 aliphatic rings. The van der Waals surface area contributed by atoms with Crippen molar-refractivity contribution in [1.82, 2.24) is 4.57 Å². The molecular formula is C32H45BN3. The molecule has 0 amide bonds. The van der Waals surface area contributed by atoms with Gasteiger partial charge in [0.25, 0.3) is 0 Å². The number of hydrogen-bond donors (Lipinski definition) is 2. The second-order valence-corrected chi connectivity index (χ2v) is 11.5. The second kappa shape index (κ2) is 11.4. The number of nitrogen functional groups attached to an aromatic ring is 1. The van der Waals surface area contributed by atoms with Crippen LogP contribution in [-0.2, 0) is 6.42 Å². The molecule has 3 aliphatic carbocycles. The van der Waals surface area contributed by atoms with Crippen molar-refractivity contribution in [3.8, 4) is 0 Å². The van der Waals surface area contributed by atoms with Gasteiger partial charge in [0.2, 0.25) is 0 Å². The third-order valence-corrected chi connectivity index (χ3v) is 8.89. The number of rotatable bonds is 7. The van der Waals surface area contributed by atoms with Gasteiger partial charge in [-0.05, 0) is 0 Å². The van der Waals surface area contributed by atoms with Crippen molar-refractivity contribution in [1.29, 1.82) is 5.41 Å². The number of aromatic nitrogens is 1. The van der Waals surface area contributed by atoms with Gasteiger partial charge < -0.3 is 5.41 Å². The number of nitrogens with zero attached hydrogens (tertiary/aromatic N) is 1. The summed E-state index contributed by atoms with van der Waals surface area (Å²) in [5, 5.41) is 9.24. The van der Waals surface area contributed by atoms with Gasteiger partial charge in [-0.3, -0.25) is 0 Å². The van der Waals surface area contributed by atoms with Gasteiger partial charge in [-0.15, -0.1) is 0 Å². The van der Waals surface area contributed by atoms with Crippen LogP contribution >= 0.6 is 0 Å². The molecule has 0 aliphatic heterocycles. The fourth-order valence-corrected chi connectivity index (χ4v) is 6.88. The van der Waals surface area contributed by atoms with E-state index in [1.165, 1.54) is 74.0 Å². The Balaban J connectivity index is 0.00000148. The van der Waals surface area contributed by atoms with E-state index >= 15 is 0 Å². The normalized spacial score (nSPS) is 25.8. The monoisotopic (exact) mass is 482 g/mol. The summed E-state index contributed by atoms with van der Waals surface area (Å²) in [6.07, 6.45) is 22.7. The number of allylic oxidation sites excluding steroid dienone is 4. The zero-order chi connectivity index (χ0) is 25.9. The Morgan fingerprint density at radius 1 is 1.17 bits per heavy atom. The Hall–Kier alpha value is -2.36. The molecule has 3 N–H and O–H groups in total. The first kappa shape index (κ1) is 26.7. The number of benzene rings is 1. The Bertz CT molecular complexity index is 1160. The Morgan fingerprint density at radius 3 is 2.50 bits per heavy atom. The molecule has 5 rings (SSSR count). The molecule has 1 unspecified atom stereocenters. The Labute approximate surface area is 219 Å². The van der Waals surface area contributed by atoms with Gasteiger partial charge in [-0.2, -0.15) is 0 Å². The van der Waals surface area contributed by atoms with Crippen molar-refractivity contribution in [2.24, 2.45) is 11.3 Å². The summed E-state index contributed by atoms with van der Waals surface area (Å²) in [5.41, 5.74) is 13.8. The molecule has 36 heavy (non-hydrogen) atoms. The van der Waals surface area contributed by atoms with E-state index in [1.807, 2.05) is 13.8 Å². The van der Waals surface area contributed by atoms with E-state index in [4.69, 9.17) is 18.6 Å². The molecule has 2 fully saturated rings. The van der Waals surface area contributed by atoms with Crippen LogP contribution in [0.1, 0.15) is 114 Å². The van der Waals surface area contributed by atoms with Crippen molar-refractivity contribution in [3.05, 3.63) is 53.3 Å². The van der Waals surface area contributed by atoms with Crippen LogP contribution in [0.4, 0.5) is 5.69 Å². The molecule has 191 valence electrons. The summed E-state index contributed by atoms with van der Waals surface area (Å²) in [4.78, 5) is 0. The van der Waals surface area contributed by atoms with E-state index in [0.717, 1.165) is 29.6 Å². The molecule has 0 bridgehead atoms. The molecule has 2 aromatic rings. The van der Waals surface area contributed by atoms with Gasteiger partial charge in [0, 0.05) is 0 Å². The fourth-order valence-electron chi connectivity index (χ4n) is 6.88. The van der Waals surface area contributed by atoms with Crippen molar-refractivity contribution in [2.75, 3.05) is 5.73 Å². The number of hydrogen-bond acceptors (Lipinski definition) is 2. The zero-order valence-corrected chi connectivity index (χ0v) is 22.9. The van der Waals surface area contributed by atoms with Crippen LogP contribution in [0.15, 0.2) is 36.4 Å². The number of aryl methyl sites for hydroxylation is 1. The van der Waals surface area contributed by atoms with Crippen molar-refractivity contribution in [2.45, 2.75) is 104 Å². The molecule has 1 aromatic carbocycles. The van der Waals surface area contributed by atoms with Crippen LogP contribution < -0.4 is 5.73 Å². The number of fused-ring (bicyclic) bond motifs is 1. The fraction of sp³-hybridized carbons (Fsp3) is 0.562. The average molecular weight is 483 g/mol. The van der Waals surface area contributed by atoms with Gasteiger partial charge in [0.1, 0.15) is 0 Å². The third kappa shape index (κ3) is 5.19. The quantitative estimate of drug-likeness (QED) is 0.234. The second-order valence-electron chi connectivity index (χ2n) is 11.5. The number of nitrogens with two attached hydrogens (primary N) is 1. The first-order valence-corrected chi connectivity index (χ1v) is 14.3. The Kier molecular flexibility index (Phi) is 8.43. The standard InChI is InChI=1S/C30H39BN3.C2H6/c1-20(31)23-17-30(2,18-23)14-13-25-26-16-27(33)22(19-32)15-28(26)34(24-11-7-4-8-12-24)29(25)21-9-5-3-6-10-21;1-2/h4,7-8,11,15-16,19,21,23-24,32H,3,5-6,9-10,12-14,17-18,33H2,1-2H3;1-2H3. The summed E-state index contributed by atoms with van der Waals surface area (Å²) < 4.78 is 2.64. The molecule has 4 heteroatoms. The summed E-state index contributed by atoms with van der Waals surface area (Å²) in [7, 11) is 6.12. The molecular weight excluding hydrogens is 437 g/mol. The van der Waals surface area contributed by atoms with Gasteiger partial charge in [0.05, 0.1) is 0 Å². The van der Waals surface area contributed by atoms with Crippen LogP contribution in [-0.4, -0.2) is 23.7 Å². The molecule has 0 spiro atoms. The molecule has 1 heterocycles. The van der Waals surface area contributed by atoms with E-state index in [2.05, 4.69) is 54.9 Å². The molecule has 3 nitrogen and oxygen atoms in total. The number of anilines is 1. The first-order valence-electron chi connectivity index (χ1n) is 14.3. The Morgan fingerprint density at radius 2 is 1.89 bits per heavy atom. The van der Waals surface area contributed by atoms with Gasteiger partial charge >= 0.3 is 195 Å². The summed E-state index contributed by atoms with van der Waals surface area (Å²) in [5.74, 6) is 1.20. The third-order valence-electron chi connectivity index (χ3n) is 8.89. The topological polar surface area (TPSA) is 54.8 Å². The predicted molar refractivity (Wildman–Crippen MR) is 159 cm³/mol. The van der Waals surface area contributed by atoms with Crippen LogP contribution in [0.2, 0.25) is 0 Å². The predicted octanol–water partition coefficient (Wildman–Crippen LogP) is 8.06. The van der Waals surface area contributed by atoms with E-state index in [0.29, 0.717) is 23.3 Å². The van der Waals surface area contributed by atoms with Gasteiger partial charge in [-0.25, -0.2) is 0 Å². The first-order chi connectivity index (χ1) is 17.4. The minimum absolute atomic E-state index is 0.332. The van der Waals surface area contributed by atoms with E-state index in [1.54, 1.807) is 5.69 Å². The zero-order valence-electron chi connectivity index (χ0n) is 22.9. The van der Waals surface area contributed by atoms with Gasteiger partial charge in [0.15, 0.2) is 0 Å². The summed E-state index contributed by atoms with van der Waals surface area (Å²) in [6.45, 7) is 8.52. The molecule has 1 atom stereocenters. The van der Waals surface area contributed by atoms with E-state index in [-0.39, 0.29) is 0 Å². The molecule has 2 saturated carbocycles. The molecule has 1 radical (unpaired) electrons. The molecule has 1 aromatic heterocycles. The maximum atomic E-state index is 7.93. The maximum absolute atomic E-state index is 7.93.